The molecule has 3 aromatic rings. The Kier molecular flexibility index (Phi) is 3.29. The first-order valence-corrected chi connectivity index (χ1v) is 6.79. The molecule has 4 heteroatoms. The fraction of sp³-hybridized carbons (Fsp3) is 0.0667. The van der Waals surface area contributed by atoms with Crippen LogP contribution in [0.2, 0.25) is 0 Å². The van der Waals surface area contributed by atoms with Gasteiger partial charge in [0.05, 0.1) is 6.04 Å². The van der Waals surface area contributed by atoms with E-state index in [9.17, 15) is 4.39 Å². The average molecular weight is 272 g/mol. The van der Waals surface area contributed by atoms with Crippen LogP contribution in [0.1, 0.15) is 16.5 Å². The van der Waals surface area contributed by atoms with Crippen molar-refractivity contribution >= 4 is 21.4 Å². The highest BCUT2D eigenvalue weighted by molar-refractivity contribution is 7.19. The minimum atomic E-state index is -0.210. The number of nitrogens with one attached hydrogen (secondary N) is 1. The predicted molar refractivity (Wildman–Crippen MR) is 77.4 cm³/mol. The third-order valence-corrected chi connectivity index (χ3v) is 4.25. The highest BCUT2D eigenvalue weighted by Gasteiger charge is 2.15. The molecule has 2 aromatic carbocycles. The Morgan fingerprint density at radius 1 is 1.05 bits per heavy atom. The minimum absolute atomic E-state index is 0.0679. The Labute approximate surface area is 114 Å². The second kappa shape index (κ2) is 5.09. The van der Waals surface area contributed by atoms with Gasteiger partial charge in [-0.25, -0.2) is 9.82 Å². The van der Waals surface area contributed by atoms with Crippen molar-refractivity contribution in [3.8, 4) is 0 Å². The Hall–Kier alpha value is -1.75. The summed E-state index contributed by atoms with van der Waals surface area (Å²) >= 11 is 1.56. The van der Waals surface area contributed by atoms with Gasteiger partial charge in [-0.2, -0.15) is 0 Å². The number of fused-ring (bicyclic) bond motifs is 1. The summed E-state index contributed by atoms with van der Waals surface area (Å²) in [5.41, 5.74) is 3.92. The predicted octanol–water partition coefficient (Wildman–Crippen LogP) is 3.59. The lowest BCUT2D eigenvalue weighted by Crippen LogP contribution is -2.28. The molecule has 0 spiro atoms. The van der Waals surface area contributed by atoms with Gasteiger partial charge in [0.2, 0.25) is 0 Å². The molecule has 2 nitrogen and oxygen atoms in total. The van der Waals surface area contributed by atoms with E-state index in [1.807, 2.05) is 30.3 Å². The summed E-state index contributed by atoms with van der Waals surface area (Å²) in [7, 11) is 0. The quantitative estimate of drug-likeness (QED) is 0.565. The maximum Gasteiger partial charge on any atom is 0.124 e. The summed E-state index contributed by atoms with van der Waals surface area (Å²) in [6.45, 7) is 0. The van der Waals surface area contributed by atoms with Crippen molar-refractivity contribution in [3.63, 3.8) is 0 Å². The van der Waals surface area contributed by atoms with Crippen LogP contribution >= 0.6 is 11.3 Å². The molecule has 3 rings (SSSR count). The van der Waals surface area contributed by atoms with Crippen LogP contribution < -0.4 is 11.3 Å². The van der Waals surface area contributed by atoms with Crippen LogP contribution in [0.25, 0.3) is 10.1 Å². The van der Waals surface area contributed by atoms with Crippen LogP contribution in [0.4, 0.5) is 4.39 Å². The van der Waals surface area contributed by atoms with Gasteiger partial charge in [0, 0.05) is 9.58 Å². The van der Waals surface area contributed by atoms with Gasteiger partial charge < -0.3 is 0 Å². The monoisotopic (exact) mass is 272 g/mol. The Bertz CT molecular complexity index is 694. The Balaban J connectivity index is 2.07. The first-order chi connectivity index (χ1) is 9.28. The van der Waals surface area contributed by atoms with Crippen LogP contribution in [-0.2, 0) is 0 Å². The van der Waals surface area contributed by atoms with E-state index in [-0.39, 0.29) is 11.9 Å². The number of halogens is 1. The lowest BCUT2D eigenvalue weighted by Gasteiger charge is -2.14. The largest absolute Gasteiger partial charge is 0.271 e. The number of rotatable bonds is 3. The molecule has 3 N–H and O–H groups in total. The molecule has 0 aliphatic rings. The van der Waals surface area contributed by atoms with Gasteiger partial charge >= 0.3 is 0 Å². The third-order valence-electron chi connectivity index (χ3n) is 3.09. The first-order valence-electron chi connectivity index (χ1n) is 5.98. The Morgan fingerprint density at radius 3 is 2.58 bits per heavy atom. The average Bonchev–Trinajstić information content (AvgIpc) is 2.83. The second-order valence-electron chi connectivity index (χ2n) is 4.34. The SMILES string of the molecule is NNC(c1ccccc1)c1cc2ccc(F)cc2s1. The van der Waals surface area contributed by atoms with Crippen molar-refractivity contribution < 1.29 is 4.39 Å². The van der Waals surface area contributed by atoms with Gasteiger partial charge in [-0.05, 0) is 29.1 Å². The molecular weight excluding hydrogens is 259 g/mol. The molecule has 1 atom stereocenters. The van der Waals surface area contributed by atoms with Gasteiger partial charge in [0.15, 0.2) is 0 Å². The van der Waals surface area contributed by atoms with Gasteiger partial charge in [-0.15, -0.1) is 11.3 Å². The minimum Gasteiger partial charge on any atom is -0.271 e. The van der Waals surface area contributed by atoms with Crippen LogP contribution in [0.15, 0.2) is 54.6 Å². The van der Waals surface area contributed by atoms with E-state index in [2.05, 4.69) is 11.5 Å². The fourth-order valence-corrected chi connectivity index (χ4v) is 3.33. The summed E-state index contributed by atoms with van der Waals surface area (Å²) < 4.78 is 14.2. The zero-order chi connectivity index (χ0) is 13.2. The summed E-state index contributed by atoms with van der Waals surface area (Å²) in [6, 6.07) is 16.8. The van der Waals surface area contributed by atoms with E-state index in [1.54, 1.807) is 23.5 Å². The Morgan fingerprint density at radius 2 is 1.84 bits per heavy atom. The molecule has 0 saturated heterocycles. The number of hydrogen-bond donors (Lipinski definition) is 2. The molecule has 96 valence electrons. The summed E-state index contributed by atoms with van der Waals surface area (Å²) in [5, 5.41) is 1.04. The van der Waals surface area contributed by atoms with Crippen molar-refractivity contribution in [2.45, 2.75) is 6.04 Å². The molecule has 0 aliphatic carbocycles. The van der Waals surface area contributed by atoms with Gasteiger partial charge in [0.1, 0.15) is 5.82 Å². The molecule has 0 radical (unpaired) electrons. The van der Waals surface area contributed by atoms with Crippen molar-refractivity contribution in [3.05, 3.63) is 70.9 Å². The van der Waals surface area contributed by atoms with Gasteiger partial charge in [-0.3, -0.25) is 5.84 Å². The van der Waals surface area contributed by atoms with E-state index in [0.29, 0.717) is 0 Å². The lowest BCUT2D eigenvalue weighted by molar-refractivity contribution is 0.630. The normalized spacial score (nSPS) is 12.7. The molecule has 19 heavy (non-hydrogen) atoms. The fourth-order valence-electron chi connectivity index (χ4n) is 2.16. The smallest absolute Gasteiger partial charge is 0.124 e. The number of benzene rings is 2. The lowest BCUT2D eigenvalue weighted by atomic mass is 10.1. The van der Waals surface area contributed by atoms with Gasteiger partial charge in [0.25, 0.3) is 0 Å². The van der Waals surface area contributed by atoms with E-state index >= 15 is 0 Å². The van der Waals surface area contributed by atoms with Crippen LogP contribution in [0.3, 0.4) is 0 Å². The standard InChI is InChI=1S/C15H13FN2S/c16-12-7-6-11-8-14(19-13(11)9-12)15(18-17)10-4-2-1-3-5-10/h1-9,15,18H,17H2. The van der Waals surface area contributed by atoms with E-state index < -0.39 is 0 Å². The highest BCUT2D eigenvalue weighted by Crippen LogP contribution is 2.33. The van der Waals surface area contributed by atoms with E-state index in [0.717, 1.165) is 20.5 Å². The van der Waals surface area contributed by atoms with Crippen molar-refractivity contribution in [1.29, 1.82) is 0 Å². The molecule has 0 fully saturated rings. The second-order valence-corrected chi connectivity index (χ2v) is 5.46. The van der Waals surface area contributed by atoms with Crippen LogP contribution in [-0.4, -0.2) is 0 Å². The van der Waals surface area contributed by atoms with Gasteiger partial charge in [-0.1, -0.05) is 36.4 Å². The molecule has 1 heterocycles. The van der Waals surface area contributed by atoms with E-state index in [4.69, 9.17) is 5.84 Å². The molecule has 0 bridgehead atoms. The zero-order valence-electron chi connectivity index (χ0n) is 10.1. The third kappa shape index (κ3) is 2.38. The zero-order valence-corrected chi connectivity index (χ0v) is 11.0. The topological polar surface area (TPSA) is 38.0 Å². The summed E-state index contributed by atoms with van der Waals surface area (Å²) in [6.07, 6.45) is 0. The summed E-state index contributed by atoms with van der Waals surface area (Å²) in [4.78, 5) is 1.08. The van der Waals surface area contributed by atoms with Crippen LogP contribution in [0, 0.1) is 5.82 Å². The molecule has 1 aromatic heterocycles. The number of hydrazine groups is 1. The van der Waals surface area contributed by atoms with Crippen molar-refractivity contribution in [2.75, 3.05) is 0 Å². The van der Waals surface area contributed by atoms with Crippen molar-refractivity contribution in [2.24, 2.45) is 5.84 Å². The number of nitrogens with two attached hydrogens (primary N) is 1. The molecule has 0 aliphatic heterocycles. The van der Waals surface area contributed by atoms with Crippen LogP contribution in [0.5, 0.6) is 0 Å². The molecule has 0 amide bonds. The first kappa shape index (κ1) is 12.3. The highest BCUT2D eigenvalue weighted by atomic mass is 32.1. The van der Waals surface area contributed by atoms with E-state index in [1.165, 1.54) is 6.07 Å². The number of hydrogen-bond acceptors (Lipinski definition) is 3. The molecule has 1 unspecified atom stereocenters. The van der Waals surface area contributed by atoms with Crippen molar-refractivity contribution in [1.82, 2.24) is 5.43 Å². The molecular formula is C15H13FN2S. The summed E-state index contributed by atoms with van der Waals surface area (Å²) in [5.74, 6) is 5.46. The maximum absolute atomic E-state index is 13.2. The number of thiophene rings is 1. The molecule has 0 saturated carbocycles. The maximum atomic E-state index is 13.2.